The molecule has 0 bridgehead atoms. The Morgan fingerprint density at radius 2 is 2.11 bits per heavy atom. The summed E-state index contributed by atoms with van der Waals surface area (Å²) >= 11 is 1.64. The minimum atomic E-state index is 0.684. The van der Waals surface area contributed by atoms with Crippen LogP contribution >= 0.6 is 11.3 Å². The van der Waals surface area contributed by atoms with Gasteiger partial charge in [-0.05, 0) is 18.2 Å². The van der Waals surface area contributed by atoms with Gasteiger partial charge < -0.3 is 5.32 Å². The Morgan fingerprint density at radius 1 is 1.11 bits per heavy atom. The zero-order valence-corrected chi connectivity index (χ0v) is 11.0. The predicted molar refractivity (Wildman–Crippen MR) is 76.9 cm³/mol. The molecule has 2 heterocycles. The minimum Gasteiger partial charge on any atom is -0.379 e. The Balaban J connectivity index is 1.74. The van der Waals surface area contributed by atoms with Crippen molar-refractivity contribution in [3.63, 3.8) is 0 Å². The lowest BCUT2D eigenvalue weighted by Gasteiger charge is -2.06. The van der Waals surface area contributed by atoms with Gasteiger partial charge in [-0.2, -0.15) is 0 Å². The SMILES string of the molecule is c1cc(NCc2ccncn2)cc(-c2nccs2)c1. The highest BCUT2D eigenvalue weighted by Gasteiger charge is 2.01. The molecule has 0 unspecified atom stereocenters. The van der Waals surface area contributed by atoms with Crippen LogP contribution in [0.1, 0.15) is 5.69 Å². The molecule has 3 aromatic rings. The van der Waals surface area contributed by atoms with Gasteiger partial charge in [-0.15, -0.1) is 11.3 Å². The highest BCUT2D eigenvalue weighted by molar-refractivity contribution is 7.13. The monoisotopic (exact) mass is 268 g/mol. The van der Waals surface area contributed by atoms with Gasteiger partial charge in [-0.25, -0.2) is 15.0 Å². The number of aromatic nitrogens is 3. The molecule has 0 aliphatic rings. The lowest BCUT2D eigenvalue weighted by atomic mass is 10.2. The van der Waals surface area contributed by atoms with Crippen molar-refractivity contribution in [3.8, 4) is 10.6 Å². The molecular formula is C14H12N4S. The molecule has 0 aliphatic carbocycles. The summed E-state index contributed by atoms with van der Waals surface area (Å²) in [5.74, 6) is 0. The van der Waals surface area contributed by atoms with Gasteiger partial charge in [0.15, 0.2) is 0 Å². The summed E-state index contributed by atoms with van der Waals surface area (Å²) in [6.07, 6.45) is 5.13. The fourth-order valence-electron chi connectivity index (χ4n) is 1.74. The van der Waals surface area contributed by atoms with Gasteiger partial charge in [0.2, 0.25) is 0 Å². The molecule has 0 saturated heterocycles. The van der Waals surface area contributed by atoms with Gasteiger partial charge in [-0.3, -0.25) is 0 Å². The van der Waals surface area contributed by atoms with Gasteiger partial charge in [0.05, 0.1) is 12.2 Å². The topological polar surface area (TPSA) is 50.7 Å². The Labute approximate surface area is 115 Å². The van der Waals surface area contributed by atoms with E-state index in [-0.39, 0.29) is 0 Å². The maximum absolute atomic E-state index is 4.32. The van der Waals surface area contributed by atoms with E-state index in [2.05, 4.69) is 32.4 Å². The number of thiazole rings is 1. The molecule has 0 spiro atoms. The summed E-state index contributed by atoms with van der Waals surface area (Å²) in [5, 5.41) is 6.37. The molecule has 2 aromatic heterocycles. The molecule has 0 aliphatic heterocycles. The summed E-state index contributed by atoms with van der Waals surface area (Å²) in [4.78, 5) is 12.4. The summed E-state index contributed by atoms with van der Waals surface area (Å²) in [6, 6.07) is 10.1. The van der Waals surface area contributed by atoms with Crippen LogP contribution < -0.4 is 5.32 Å². The smallest absolute Gasteiger partial charge is 0.123 e. The zero-order valence-electron chi connectivity index (χ0n) is 10.2. The maximum Gasteiger partial charge on any atom is 0.123 e. The Hall–Kier alpha value is -2.27. The third-order valence-electron chi connectivity index (χ3n) is 2.66. The Kier molecular flexibility index (Phi) is 3.47. The van der Waals surface area contributed by atoms with E-state index in [1.807, 2.05) is 29.8 Å². The van der Waals surface area contributed by atoms with Crippen molar-refractivity contribution in [2.24, 2.45) is 0 Å². The Bertz CT molecular complexity index is 638. The summed E-state index contributed by atoms with van der Waals surface area (Å²) in [5.41, 5.74) is 3.16. The van der Waals surface area contributed by atoms with Crippen LogP contribution in [0.5, 0.6) is 0 Å². The highest BCUT2D eigenvalue weighted by atomic mass is 32.1. The quantitative estimate of drug-likeness (QED) is 0.789. The molecule has 19 heavy (non-hydrogen) atoms. The van der Waals surface area contributed by atoms with E-state index in [1.54, 1.807) is 23.9 Å². The van der Waals surface area contributed by atoms with Crippen molar-refractivity contribution in [3.05, 3.63) is 60.1 Å². The predicted octanol–water partition coefficient (Wildman–Crippen LogP) is 3.21. The van der Waals surface area contributed by atoms with E-state index >= 15 is 0 Å². The highest BCUT2D eigenvalue weighted by Crippen LogP contribution is 2.24. The molecule has 0 fully saturated rings. The molecule has 5 heteroatoms. The molecule has 4 nitrogen and oxygen atoms in total. The van der Waals surface area contributed by atoms with Crippen molar-refractivity contribution in [1.29, 1.82) is 0 Å². The van der Waals surface area contributed by atoms with Crippen molar-refractivity contribution >= 4 is 17.0 Å². The summed E-state index contributed by atoms with van der Waals surface area (Å²) in [6.45, 7) is 0.684. The van der Waals surface area contributed by atoms with E-state index in [0.29, 0.717) is 6.54 Å². The molecule has 1 N–H and O–H groups in total. The first-order chi connectivity index (χ1) is 9.42. The second-order valence-electron chi connectivity index (χ2n) is 3.97. The van der Waals surface area contributed by atoms with Gasteiger partial charge in [0, 0.05) is 29.0 Å². The first-order valence-electron chi connectivity index (χ1n) is 5.90. The summed E-state index contributed by atoms with van der Waals surface area (Å²) in [7, 11) is 0. The van der Waals surface area contributed by atoms with E-state index in [4.69, 9.17) is 0 Å². The van der Waals surface area contributed by atoms with Crippen LogP contribution in [-0.4, -0.2) is 15.0 Å². The average Bonchev–Trinajstić information content (AvgIpc) is 3.01. The second-order valence-corrected chi connectivity index (χ2v) is 4.87. The van der Waals surface area contributed by atoms with Crippen LogP contribution in [0, 0.1) is 0 Å². The van der Waals surface area contributed by atoms with E-state index in [1.165, 1.54) is 0 Å². The number of hydrogen-bond donors (Lipinski definition) is 1. The molecule has 0 atom stereocenters. The van der Waals surface area contributed by atoms with Crippen LogP contribution in [0.3, 0.4) is 0 Å². The van der Waals surface area contributed by atoms with Crippen LogP contribution in [0.15, 0.2) is 54.4 Å². The number of anilines is 1. The minimum absolute atomic E-state index is 0.684. The first kappa shape index (κ1) is 11.8. The van der Waals surface area contributed by atoms with Gasteiger partial charge >= 0.3 is 0 Å². The normalized spacial score (nSPS) is 10.3. The van der Waals surface area contributed by atoms with E-state index in [9.17, 15) is 0 Å². The lowest BCUT2D eigenvalue weighted by molar-refractivity contribution is 1.01. The van der Waals surface area contributed by atoms with Crippen LogP contribution in [0.25, 0.3) is 10.6 Å². The number of nitrogens with one attached hydrogen (secondary N) is 1. The second kappa shape index (κ2) is 5.58. The maximum atomic E-state index is 4.32. The fraction of sp³-hybridized carbons (Fsp3) is 0.0714. The summed E-state index contributed by atoms with van der Waals surface area (Å²) < 4.78 is 0. The largest absolute Gasteiger partial charge is 0.379 e. The van der Waals surface area contributed by atoms with Gasteiger partial charge in [0.25, 0.3) is 0 Å². The first-order valence-corrected chi connectivity index (χ1v) is 6.78. The van der Waals surface area contributed by atoms with Gasteiger partial charge in [-0.1, -0.05) is 12.1 Å². The van der Waals surface area contributed by atoms with Crippen molar-refractivity contribution in [1.82, 2.24) is 15.0 Å². The average molecular weight is 268 g/mol. The molecule has 0 radical (unpaired) electrons. The van der Waals surface area contributed by atoms with E-state index < -0.39 is 0 Å². The van der Waals surface area contributed by atoms with Crippen LogP contribution in [0.4, 0.5) is 5.69 Å². The van der Waals surface area contributed by atoms with Crippen LogP contribution in [-0.2, 0) is 6.54 Å². The molecule has 3 rings (SSSR count). The third-order valence-corrected chi connectivity index (χ3v) is 3.48. The number of nitrogens with zero attached hydrogens (tertiary/aromatic N) is 3. The number of hydrogen-bond acceptors (Lipinski definition) is 5. The lowest BCUT2D eigenvalue weighted by Crippen LogP contribution is -2.01. The van der Waals surface area contributed by atoms with Crippen LogP contribution in [0.2, 0.25) is 0 Å². The fourth-order valence-corrected chi connectivity index (χ4v) is 2.38. The number of rotatable bonds is 4. The molecular weight excluding hydrogens is 256 g/mol. The van der Waals surface area contributed by atoms with E-state index in [0.717, 1.165) is 22.0 Å². The third kappa shape index (κ3) is 2.95. The molecule has 0 saturated carbocycles. The number of benzene rings is 1. The van der Waals surface area contributed by atoms with Crippen molar-refractivity contribution in [2.45, 2.75) is 6.54 Å². The Morgan fingerprint density at radius 3 is 2.89 bits per heavy atom. The molecule has 0 amide bonds. The standard InChI is InChI=1S/C14H12N4S/c1-2-11(14-16-6-7-19-14)8-12(3-1)17-9-13-4-5-15-10-18-13/h1-8,10,17H,9H2. The van der Waals surface area contributed by atoms with Gasteiger partial charge in [0.1, 0.15) is 11.3 Å². The zero-order chi connectivity index (χ0) is 12.9. The molecule has 1 aromatic carbocycles. The molecule has 94 valence electrons. The van der Waals surface area contributed by atoms with Crippen molar-refractivity contribution in [2.75, 3.05) is 5.32 Å². The van der Waals surface area contributed by atoms with Crippen molar-refractivity contribution < 1.29 is 0 Å².